The average Bonchev–Trinajstić information content (AvgIpc) is 2.24. The van der Waals surface area contributed by atoms with Crippen LogP contribution in [0.2, 0.25) is 0 Å². The molecule has 0 fully saturated rings. The predicted octanol–water partition coefficient (Wildman–Crippen LogP) is 0.506. The third kappa shape index (κ3) is 1.18. The molecule has 0 spiro atoms. The molecule has 4 heteroatoms. The molecular formula is C11H11NO3. The largest absolute Gasteiger partial charge is 0.375 e. The van der Waals surface area contributed by atoms with Gasteiger partial charge in [-0.2, -0.15) is 0 Å². The zero-order valence-electron chi connectivity index (χ0n) is 8.52. The van der Waals surface area contributed by atoms with Crippen molar-refractivity contribution < 1.29 is 14.7 Å². The van der Waals surface area contributed by atoms with Crippen LogP contribution in [0.1, 0.15) is 22.8 Å². The fourth-order valence-corrected chi connectivity index (χ4v) is 1.81. The smallest absolute Gasteiger partial charge is 0.265 e. The summed E-state index contributed by atoms with van der Waals surface area (Å²) in [5, 5.41) is 10.0. The average molecular weight is 205 g/mol. The lowest BCUT2D eigenvalue weighted by molar-refractivity contribution is -0.147. The number of aliphatic hydroxyl groups is 1. The summed E-state index contributed by atoms with van der Waals surface area (Å²) < 4.78 is 0. The number of benzene rings is 1. The molecule has 78 valence electrons. The third-order valence-electron chi connectivity index (χ3n) is 2.71. The van der Waals surface area contributed by atoms with Crippen molar-refractivity contribution in [3.8, 4) is 0 Å². The normalized spacial score (nSPS) is 25.4. The Morgan fingerprint density at radius 1 is 1.27 bits per heavy atom. The van der Waals surface area contributed by atoms with E-state index in [0.29, 0.717) is 11.1 Å². The Morgan fingerprint density at radius 3 is 2.53 bits per heavy atom. The van der Waals surface area contributed by atoms with E-state index >= 15 is 0 Å². The first-order valence-electron chi connectivity index (χ1n) is 4.60. The predicted molar refractivity (Wildman–Crippen MR) is 53.1 cm³/mol. The molecule has 0 saturated heterocycles. The summed E-state index contributed by atoms with van der Waals surface area (Å²) in [6.45, 7) is 1.40. The van der Waals surface area contributed by atoms with Crippen LogP contribution in [0.4, 0.5) is 0 Å². The van der Waals surface area contributed by atoms with E-state index in [4.69, 9.17) is 0 Å². The molecule has 1 atom stereocenters. The van der Waals surface area contributed by atoms with Crippen LogP contribution < -0.4 is 0 Å². The maximum atomic E-state index is 11.7. The Labute approximate surface area is 87.1 Å². The van der Waals surface area contributed by atoms with Crippen LogP contribution in [0, 0.1) is 0 Å². The van der Waals surface area contributed by atoms with Gasteiger partial charge in [0.2, 0.25) is 0 Å². The van der Waals surface area contributed by atoms with Crippen molar-refractivity contribution in [1.29, 1.82) is 0 Å². The number of nitrogens with zero attached hydrogens (tertiary/aromatic N) is 1. The number of hydrogen-bond donors (Lipinski definition) is 1. The summed E-state index contributed by atoms with van der Waals surface area (Å²) >= 11 is 0. The minimum atomic E-state index is -1.61. The van der Waals surface area contributed by atoms with Gasteiger partial charge in [0.05, 0.1) is 0 Å². The molecule has 0 aliphatic carbocycles. The summed E-state index contributed by atoms with van der Waals surface area (Å²) in [7, 11) is 1.37. The van der Waals surface area contributed by atoms with Gasteiger partial charge in [0, 0.05) is 18.2 Å². The monoisotopic (exact) mass is 205 g/mol. The second kappa shape index (κ2) is 2.90. The van der Waals surface area contributed by atoms with Gasteiger partial charge in [-0.25, -0.2) is 0 Å². The molecule has 2 rings (SSSR count). The number of carbonyl (C=O) groups excluding carboxylic acids is 2. The van der Waals surface area contributed by atoms with Crippen LogP contribution in [0.3, 0.4) is 0 Å². The zero-order chi connectivity index (χ0) is 11.2. The van der Waals surface area contributed by atoms with Crippen LogP contribution in [-0.4, -0.2) is 28.9 Å². The van der Waals surface area contributed by atoms with Gasteiger partial charge < -0.3 is 5.11 Å². The molecule has 4 nitrogen and oxygen atoms in total. The van der Waals surface area contributed by atoms with Gasteiger partial charge in [-0.15, -0.1) is 0 Å². The van der Waals surface area contributed by atoms with E-state index in [1.165, 1.54) is 14.0 Å². The summed E-state index contributed by atoms with van der Waals surface area (Å²) in [6, 6.07) is 6.60. The maximum absolute atomic E-state index is 11.7. The highest BCUT2D eigenvalue weighted by molar-refractivity contribution is 6.12. The Morgan fingerprint density at radius 2 is 1.87 bits per heavy atom. The Kier molecular flexibility index (Phi) is 1.91. The van der Waals surface area contributed by atoms with E-state index in [2.05, 4.69) is 0 Å². The standard InChI is InChI=1S/C11H11NO3/c1-11(15)8-6-4-3-5-7(8)9(13)12(2)10(11)14/h3-6,15H,1-2H3. The van der Waals surface area contributed by atoms with Gasteiger partial charge >= 0.3 is 0 Å². The Hall–Kier alpha value is -1.68. The molecule has 1 aromatic carbocycles. The summed E-state index contributed by atoms with van der Waals surface area (Å²) in [5.41, 5.74) is -0.859. The van der Waals surface area contributed by atoms with Crippen molar-refractivity contribution in [3.63, 3.8) is 0 Å². The molecule has 15 heavy (non-hydrogen) atoms. The van der Waals surface area contributed by atoms with Crippen molar-refractivity contribution in [3.05, 3.63) is 35.4 Å². The number of likely N-dealkylation sites (N-methyl/N-ethyl adjacent to an activating group) is 1. The van der Waals surface area contributed by atoms with E-state index in [1.807, 2.05) is 0 Å². The van der Waals surface area contributed by atoms with Crippen LogP contribution in [0.25, 0.3) is 0 Å². The van der Waals surface area contributed by atoms with Crippen LogP contribution in [0.15, 0.2) is 24.3 Å². The third-order valence-corrected chi connectivity index (χ3v) is 2.71. The summed E-state index contributed by atoms with van der Waals surface area (Å²) in [6.07, 6.45) is 0. The minimum absolute atomic E-state index is 0.373. The quantitative estimate of drug-likeness (QED) is 0.628. The summed E-state index contributed by atoms with van der Waals surface area (Å²) in [4.78, 5) is 24.3. The first kappa shape index (κ1) is 9.86. The molecule has 0 saturated carbocycles. The van der Waals surface area contributed by atoms with Gasteiger partial charge in [0.15, 0.2) is 5.60 Å². The van der Waals surface area contributed by atoms with Crippen molar-refractivity contribution in [2.75, 3.05) is 7.05 Å². The zero-order valence-corrected chi connectivity index (χ0v) is 8.52. The number of imide groups is 1. The fourth-order valence-electron chi connectivity index (χ4n) is 1.81. The van der Waals surface area contributed by atoms with Gasteiger partial charge in [-0.05, 0) is 13.0 Å². The molecular weight excluding hydrogens is 194 g/mol. The SMILES string of the molecule is CN1C(=O)c2ccccc2C(C)(O)C1=O. The Bertz CT molecular complexity index is 451. The van der Waals surface area contributed by atoms with Crippen molar-refractivity contribution >= 4 is 11.8 Å². The van der Waals surface area contributed by atoms with Crippen molar-refractivity contribution in [1.82, 2.24) is 4.90 Å². The number of amides is 2. The van der Waals surface area contributed by atoms with E-state index in [0.717, 1.165) is 4.90 Å². The number of fused-ring (bicyclic) bond motifs is 1. The molecule has 1 N–H and O–H groups in total. The molecule has 0 aromatic heterocycles. The molecule has 1 aromatic rings. The lowest BCUT2D eigenvalue weighted by atomic mass is 9.86. The first-order chi connectivity index (χ1) is 6.96. The van der Waals surface area contributed by atoms with Crippen molar-refractivity contribution in [2.45, 2.75) is 12.5 Å². The van der Waals surface area contributed by atoms with Gasteiger partial charge in [-0.1, -0.05) is 18.2 Å². The molecule has 1 aliphatic rings. The van der Waals surface area contributed by atoms with Crippen molar-refractivity contribution in [2.24, 2.45) is 0 Å². The molecule has 1 unspecified atom stereocenters. The number of rotatable bonds is 0. The van der Waals surface area contributed by atoms with Crippen LogP contribution in [0.5, 0.6) is 0 Å². The van der Waals surface area contributed by atoms with E-state index in [9.17, 15) is 14.7 Å². The number of hydrogen-bond acceptors (Lipinski definition) is 3. The van der Waals surface area contributed by atoms with Gasteiger partial charge in [-0.3, -0.25) is 14.5 Å². The second-order valence-corrected chi connectivity index (χ2v) is 3.79. The maximum Gasteiger partial charge on any atom is 0.265 e. The van der Waals surface area contributed by atoms with E-state index in [-0.39, 0.29) is 5.91 Å². The Balaban J connectivity index is 2.72. The van der Waals surface area contributed by atoms with Crippen LogP contribution >= 0.6 is 0 Å². The number of carbonyl (C=O) groups is 2. The van der Waals surface area contributed by atoms with E-state index in [1.54, 1.807) is 24.3 Å². The molecule has 2 amide bonds. The highest BCUT2D eigenvalue weighted by Crippen LogP contribution is 2.31. The van der Waals surface area contributed by atoms with E-state index < -0.39 is 11.5 Å². The fraction of sp³-hybridized carbons (Fsp3) is 0.273. The summed E-state index contributed by atoms with van der Waals surface area (Å²) in [5.74, 6) is -0.965. The van der Waals surface area contributed by atoms with Gasteiger partial charge in [0.25, 0.3) is 11.8 Å². The topological polar surface area (TPSA) is 57.6 Å². The molecule has 0 bridgehead atoms. The molecule has 1 heterocycles. The lowest BCUT2D eigenvalue weighted by Gasteiger charge is -2.33. The minimum Gasteiger partial charge on any atom is -0.375 e. The highest BCUT2D eigenvalue weighted by Gasteiger charge is 2.44. The van der Waals surface area contributed by atoms with Crippen LogP contribution in [-0.2, 0) is 10.4 Å². The van der Waals surface area contributed by atoms with Gasteiger partial charge in [0.1, 0.15) is 0 Å². The highest BCUT2D eigenvalue weighted by atomic mass is 16.3. The first-order valence-corrected chi connectivity index (χ1v) is 4.60. The molecule has 0 radical (unpaired) electrons. The lowest BCUT2D eigenvalue weighted by Crippen LogP contribution is -2.51. The molecule has 1 aliphatic heterocycles. The second-order valence-electron chi connectivity index (χ2n) is 3.79.